The fourth-order valence-corrected chi connectivity index (χ4v) is 3.54. The van der Waals surface area contributed by atoms with E-state index in [1.807, 2.05) is 18.2 Å². The number of hydrogen-bond donors (Lipinski definition) is 2. The third kappa shape index (κ3) is 4.03. The van der Waals surface area contributed by atoms with Crippen molar-refractivity contribution in [2.45, 2.75) is 51.5 Å². The molecule has 1 saturated heterocycles. The van der Waals surface area contributed by atoms with Crippen molar-refractivity contribution in [2.75, 3.05) is 18.0 Å². The molecule has 2 amide bonds. The largest absolute Gasteiger partial charge is 0.354 e. The monoisotopic (exact) mass is 343 g/mol. The Hall–Kier alpha value is -1.88. The Labute approximate surface area is 150 Å². The maximum Gasteiger partial charge on any atom is 0.227 e. The van der Waals surface area contributed by atoms with Gasteiger partial charge in [0.15, 0.2) is 0 Å². The van der Waals surface area contributed by atoms with E-state index >= 15 is 0 Å². The Bertz CT molecular complexity index is 642. The van der Waals surface area contributed by atoms with Gasteiger partial charge in [-0.2, -0.15) is 0 Å². The molecule has 1 aromatic carbocycles. The number of para-hydroxylation sites is 1. The van der Waals surface area contributed by atoms with Crippen molar-refractivity contribution in [3.05, 3.63) is 29.8 Å². The van der Waals surface area contributed by atoms with E-state index in [0.29, 0.717) is 24.9 Å². The highest BCUT2D eigenvalue weighted by molar-refractivity contribution is 6.00. The van der Waals surface area contributed by atoms with Gasteiger partial charge in [0.05, 0.1) is 5.92 Å². The molecular formula is C20H29N3O2. The molecule has 1 heterocycles. The quantitative estimate of drug-likeness (QED) is 0.798. The number of anilines is 1. The molecule has 2 aliphatic rings. The highest BCUT2D eigenvalue weighted by Gasteiger charge is 2.36. The van der Waals surface area contributed by atoms with Gasteiger partial charge in [-0.05, 0) is 42.7 Å². The van der Waals surface area contributed by atoms with E-state index in [9.17, 15) is 9.59 Å². The molecule has 25 heavy (non-hydrogen) atoms. The van der Waals surface area contributed by atoms with Gasteiger partial charge in [-0.15, -0.1) is 0 Å². The van der Waals surface area contributed by atoms with Crippen LogP contribution in [0, 0.1) is 11.8 Å². The van der Waals surface area contributed by atoms with Gasteiger partial charge in [0, 0.05) is 31.2 Å². The van der Waals surface area contributed by atoms with Crippen molar-refractivity contribution in [1.29, 1.82) is 0 Å². The lowest BCUT2D eigenvalue weighted by Crippen LogP contribution is -2.41. The molecule has 2 fully saturated rings. The van der Waals surface area contributed by atoms with Crippen molar-refractivity contribution in [2.24, 2.45) is 17.6 Å². The number of hydrogen-bond acceptors (Lipinski definition) is 3. The smallest absolute Gasteiger partial charge is 0.227 e. The summed E-state index contributed by atoms with van der Waals surface area (Å²) in [4.78, 5) is 26.8. The van der Waals surface area contributed by atoms with Crippen molar-refractivity contribution < 1.29 is 9.59 Å². The third-order valence-electron chi connectivity index (χ3n) is 5.61. The summed E-state index contributed by atoms with van der Waals surface area (Å²) in [6, 6.07) is 8.08. The second-order valence-electron chi connectivity index (χ2n) is 7.52. The van der Waals surface area contributed by atoms with Gasteiger partial charge in [0.25, 0.3) is 0 Å². The molecule has 0 radical (unpaired) electrons. The van der Waals surface area contributed by atoms with Gasteiger partial charge in [-0.25, -0.2) is 0 Å². The second kappa shape index (κ2) is 7.56. The van der Waals surface area contributed by atoms with Crippen LogP contribution in [0.1, 0.15) is 51.0 Å². The molecule has 1 aromatic rings. The van der Waals surface area contributed by atoms with Crippen LogP contribution in [0.15, 0.2) is 24.3 Å². The van der Waals surface area contributed by atoms with Crippen molar-refractivity contribution in [1.82, 2.24) is 5.32 Å². The third-order valence-corrected chi connectivity index (χ3v) is 5.61. The lowest BCUT2D eigenvalue weighted by molar-refractivity contribution is -0.126. The molecule has 5 nitrogen and oxygen atoms in total. The topological polar surface area (TPSA) is 75.4 Å². The Morgan fingerprint density at radius 2 is 2.08 bits per heavy atom. The van der Waals surface area contributed by atoms with Crippen LogP contribution in [-0.2, 0) is 9.59 Å². The number of nitrogens with one attached hydrogen (secondary N) is 1. The van der Waals surface area contributed by atoms with E-state index in [1.165, 1.54) is 18.4 Å². The molecule has 0 bridgehead atoms. The second-order valence-corrected chi connectivity index (χ2v) is 7.52. The van der Waals surface area contributed by atoms with Gasteiger partial charge in [0.2, 0.25) is 11.8 Å². The van der Waals surface area contributed by atoms with Crippen LogP contribution >= 0.6 is 0 Å². The lowest BCUT2D eigenvalue weighted by atomic mass is 9.96. The van der Waals surface area contributed by atoms with Crippen LogP contribution in [-0.4, -0.2) is 30.9 Å². The standard InChI is InChI=1S/C20H29N3O2/c1-3-13(2)16-6-4-5-7-18(16)23-12-15(10-19(23)24)20(25)22-11-17(21)14-8-9-14/h4-7,13-15,17H,3,8-12,21H2,1-2H3,(H,22,25). The number of benzene rings is 1. The predicted molar refractivity (Wildman–Crippen MR) is 99.3 cm³/mol. The minimum absolute atomic E-state index is 0.0300. The predicted octanol–water partition coefficient (Wildman–Crippen LogP) is 2.41. The zero-order valence-corrected chi connectivity index (χ0v) is 15.2. The molecule has 3 N–H and O–H groups in total. The Kier molecular flexibility index (Phi) is 5.42. The van der Waals surface area contributed by atoms with Gasteiger partial charge >= 0.3 is 0 Å². The number of carbonyl (C=O) groups is 2. The molecule has 3 rings (SSSR count). The van der Waals surface area contributed by atoms with Crippen LogP contribution in [0.25, 0.3) is 0 Å². The fraction of sp³-hybridized carbons (Fsp3) is 0.600. The number of rotatable bonds is 7. The molecule has 0 aromatic heterocycles. The Morgan fingerprint density at radius 3 is 2.76 bits per heavy atom. The average Bonchev–Trinajstić information content (AvgIpc) is 3.41. The zero-order valence-electron chi connectivity index (χ0n) is 15.2. The first-order valence-electron chi connectivity index (χ1n) is 9.43. The molecule has 1 aliphatic carbocycles. The zero-order chi connectivity index (χ0) is 18.0. The first kappa shape index (κ1) is 17.9. The van der Waals surface area contributed by atoms with E-state index in [2.05, 4.69) is 25.2 Å². The average molecular weight is 343 g/mol. The van der Waals surface area contributed by atoms with Crippen LogP contribution in [0.3, 0.4) is 0 Å². The fourth-order valence-electron chi connectivity index (χ4n) is 3.54. The maximum absolute atomic E-state index is 12.5. The minimum Gasteiger partial charge on any atom is -0.354 e. The van der Waals surface area contributed by atoms with E-state index in [0.717, 1.165) is 12.1 Å². The molecule has 1 saturated carbocycles. The summed E-state index contributed by atoms with van der Waals surface area (Å²) in [6.07, 6.45) is 3.62. The molecule has 3 unspecified atom stereocenters. The van der Waals surface area contributed by atoms with Crippen LogP contribution in [0.5, 0.6) is 0 Å². The molecule has 0 spiro atoms. The summed E-state index contributed by atoms with van der Waals surface area (Å²) >= 11 is 0. The Morgan fingerprint density at radius 1 is 1.36 bits per heavy atom. The van der Waals surface area contributed by atoms with Crippen LogP contribution < -0.4 is 16.0 Å². The SMILES string of the molecule is CCC(C)c1ccccc1N1CC(C(=O)NCC(N)C2CC2)CC1=O. The lowest BCUT2D eigenvalue weighted by Gasteiger charge is -2.23. The summed E-state index contributed by atoms with van der Waals surface area (Å²) in [6.45, 7) is 5.28. The molecule has 136 valence electrons. The summed E-state index contributed by atoms with van der Waals surface area (Å²) in [5.41, 5.74) is 8.17. The van der Waals surface area contributed by atoms with E-state index in [1.54, 1.807) is 4.90 Å². The van der Waals surface area contributed by atoms with Gasteiger partial charge in [0.1, 0.15) is 0 Å². The molecular weight excluding hydrogens is 314 g/mol. The summed E-state index contributed by atoms with van der Waals surface area (Å²) < 4.78 is 0. The van der Waals surface area contributed by atoms with E-state index < -0.39 is 0 Å². The number of carbonyl (C=O) groups excluding carboxylic acids is 2. The Balaban J connectivity index is 1.65. The summed E-state index contributed by atoms with van der Waals surface area (Å²) in [5.74, 6) is 0.636. The molecule has 3 atom stereocenters. The van der Waals surface area contributed by atoms with Crippen LogP contribution in [0.2, 0.25) is 0 Å². The normalized spacial score (nSPS) is 22.8. The minimum atomic E-state index is -0.288. The van der Waals surface area contributed by atoms with Gasteiger partial charge in [-0.3, -0.25) is 9.59 Å². The first-order chi connectivity index (χ1) is 12.0. The highest BCUT2D eigenvalue weighted by atomic mass is 16.2. The van der Waals surface area contributed by atoms with Crippen molar-refractivity contribution >= 4 is 17.5 Å². The maximum atomic E-state index is 12.5. The summed E-state index contributed by atoms with van der Waals surface area (Å²) in [7, 11) is 0. The number of nitrogens with two attached hydrogens (primary N) is 1. The number of nitrogens with zero attached hydrogens (tertiary/aromatic N) is 1. The van der Waals surface area contributed by atoms with E-state index in [4.69, 9.17) is 5.73 Å². The van der Waals surface area contributed by atoms with Gasteiger partial charge in [-0.1, -0.05) is 32.0 Å². The highest BCUT2D eigenvalue weighted by Crippen LogP contribution is 2.34. The molecule has 1 aliphatic heterocycles. The molecule has 5 heteroatoms. The van der Waals surface area contributed by atoms with E-state index in [-0.39, 0.29) is 30.2 Å². The first-order valence-corrected chi connectivity index (χ1v) is 9.43. The number of amides is 2. The van der Waals surface area contributed by atoms with Gasteiger partial charge < -0.3 is 16.0 Å². The van der Waals surface area contributed by atoms with Crippen molar-refractivity contribution in [3.63, 3.8) is 0 Å². The van der Waals surface area contributed by atoms with Crippen molar-refractivity contribution in [3.8, 4) is 0 Å². The summed E-state index contributed by atoms with van der Waals surface area (Å²) in [5, 5.41) is 2.94. The van der Waals surface area contributed by atoms with Crippen LogP contribution in [0.4, 0.5) is 5.69 Å².